The van der Waals surface area contributed by atoms with E-state index in [1.807, 2.05) is 41.3 Å². The molecule has 0 N–H and O–H groups in total. The van der Waals surface area contributed by atoms with E-state index in [0.29, 0.717) is 28.0 Å². The van der Waals surface area contributed by atoms with Crippen molar-refractivity contribution in [2.24, 2.45) is 5.92 Å². The van der Waals surface area contributed by atoms with Crippen LogP contribution in [-0.4, -0.2) is 31.0 Å². The van der Waals surface area contributed by atoms with Gasteiger partial charge < -0.3 is 14.4 Å². The second-order valence-electron chi connectivity index (χ2n) is 6.72. The molecule has 1 aliphatic rings. The molecule has 0 bridgehead atoms. The highest BCUT2D eigenvalue weighted by molar-refractivity contribution is 6.32. The summed E-state index contributed by atoms with van der Waals surface area (Å²) in [5.41, 5.74) is 1.49. The van der Waals surface area contributed by atoms with Crippen LogP contribution in [-0.2, 0) is 6.61 Å². The molecule has 0 saturated carbocycles. The summed E-state index contributed by atoms with van der Waals surface area (Å²) in [4.78, 5) is 14.7. The van der Waals surface area contributed by atoms with Crippen LogP contribution in [0.4, 0.5) is 0 Å². The summed E-state index contributed by atoms with van der Waals surface area (Å²) in [7, 11) is 1.61. The summed E-state index contributed by atoms with van der Waals surface area (Å²) in [6, 6.07) is 12.8. The molecule has 1 aliphatic heterocycles. The maximum atomic E-state index is 12.8. The van der Waals surface area contributed by atoms with Crippen molar-refractivity contribution in [1.29, 1.82) is 0 Å². The molecule has 0 aromatic heterocycles. The van der Waals surface area contributed by atoms with Gasteiger partial charge >= 0.3 is 0 Å². The SMILES string of the molecule is COc1ccc(C(=O)N2CCC(C)CC2)cc1COc1ccccc1Cl. The van der Waals surface area contributed by atoms with Crippen molar-refractivity contribution in [1.82, 2.24) is 4.90 Å². The zero-order valence-electron chi connectivity index (χ0n) is 15.2. The quantitative estimate of drug-likeness (QED) is 0.755. The van der Waals surface area contributed by atoms with Crippen LogP contribution < -0.4 is 9.47 Å². The molecule has 1 heterocycles. The molecule has 3 rings (SSSR count). The molecule has 1 amide bonds. The molecule has 2 aromatic rings. The predicted molar refractivity (Wildman–Crippen MR) is 103 cm³/mol. The molecule has 0 aliphatic carbocycles. The number of carbonyl (C=O) groups is 1. The van der Waals surface area contributed by atoms with Gasteiger partial charge in [-0.25, -0.2) is 0 Å². The molecule has 1 saturated heterocycles. The van der Waals surface area contributed by atoms with Gasteiger partial charge in [0, 0.05) is 24.2 Å². The second kappa shape index (κ2) is 8.45. The van der Waals surface area contributed by atoms with E-state index in [1.54, 1.807) is 13.2 Å². The summed E-state index contributed by atoms with van der Waals surface area (Å²) in [6.45, 7) is 4.15. The standard InChI is InChI=1S/C21H24ClNO3/c1-15-9-11-23(12-10-15)21(24)16-7-8-19(25-2)17(13-16)14-26-20-6-4-3-5-18(20)22/h3-8,13,15H,9-12,14H2,1-2H3. The van der Waals surface area contributed by atoms with Crippen LogP contribution in [0.1, 0.15) is 35.7 Å². The summed E-state index contributed by atoms with van der Waals surface area (Å²) in [5.74, 6) is 2.06. The van der Waals surface area contributed by atoms with E-state index in [-0.39, 0.29) is 12.5 Å². The Hall–Kier alpha value is -2.20. The van der Waals surface area contributed by atoms with Gasteiger partial charge in [-0.1, -0.05) is 30.7 Å². The van der Waals surface area contributed by atoms with E-state index in [4.69, 9.17) is 21.1 Å². The third-order valence-corrected chi connectivity index (χ3v) is 5.13. The smallest absolute Gasteiger partial charge is 0.253 e. The van der Waals surface area contributed by atoms with Crippen LogP contribution in [0, 0.1) is 5.92 Å². The third kappa shape index (κ3) is 4.31. The topological polar surface area (TPSA) is 38.8 Å². The van der Waals surface area contributed by atoms with E-state index in [2.05, 4.69) is 6.92 Å². The number of hydrogen-bond acceptors (Lipinski definition) is 3. The predicted octanol–water partition coefficient (Wildman–Crippen LogP) is 4.80. The van der Waals surface area contributed by atoms with E-state index in [0.717, 1.165) is 31.5 Å². The van der Waals surface area contributed by atoms with E-state index < -0.39 is 0 Å². The molecule has 2 aromatic carbocycles. The number of likely N-dealkylation sites (tertiary alicyclic amines) is 1. The Morgan fingerprint density at radius 2 is 1.88 bits per heavy atom. The first-order chi connectivity index (χ1) is 12.6. The van der Waals surface area contributed by atoms with Gasteiger partial charge in [0.15, 0.2) is 0 Å². The van der Waals surface area contributed by atoms with Crippen molar-refractivity contribution in [2.75, 3.05) is 20.2 Å². The number of ether oxygens (including phenoxy) is 2. The monoisotopic (exact) mass is 373 g/mol. The molecular weight excluding hydrogens is 350 g/mol. The zero-order valence-corrected chi connectivity index (χ0v) is 16.0. The van der Waals surface area contributed by atoms with Gasteiger partial charge in [-0.05, 0) is 49.1 Å². The molecule has 1 fully saturated rings. The first kappa shape index (κ1) is 18.6. The lowest BCUT2D eigenvalue weighted by Crippen LogP contribution is -2.37. The Bertz CT molecular complexity index is 770. The second-order valence-corrected chi connectivity index (χ2v) is 7.13. The highest BCUT2D eigenvalue weighted by Crippen LogP contribution is 2.27. The number of hydrogen-bond donors (Lipinski definition) is 0. The van der Waals surface area contributed by atoms with E-state index in [9.17, 15) is 4.79 Å². The highest BCUT2D eigenvalue weighted by Gasteiger charge is 2.22. The molecule has 138 valence electrons. The number of halogens is 1. The number of para-hydroxylation sites is 1. The molecule has 26 heavy (non-hydrogen) atoms. The lowest BCUT2D eigenvalue weighted by molar-refractivity contribution is 0.0697. The van der Waals surface area contributed by atoms with Gasteiger partial charge in [-0.2, -0.15) is 0 Å². The van der Waals surface area contributed by atoms with Gasteiger partial charge in [0.2, 0.25) is 0 Å². The Kier molecular flexibility index (Phi) is 6.04. The van der Waals surface area contributed by atoms with Crippen LogP contribution >= 0.6 is 11.6 Å². The first-order valence-electron chi connectivity index (χ1n) is 8.92. The number of benzene rings is 2. The molecule has 0 spiro atoms. The lowest BCUT2D eigenvalue weighted by Gasteiger charge is -2.30. The molecule has 0 atom stereocenters. The van der Waals surface area contributed by atoms with Gasteiger partial charge in [0.1, 0.15) is 18.1 Å². The third-order valence-electron chi connectivity index (χ3n) is 4.82. The average molecular weight is 374 g/mol. The molecule has 0 radical (unpaired) electrons. The van der Waals surface area contributed by atoms with Crippen molar-refractivity contribution in [3.8, 4) is 11.5 Å². The summed E-state index contributed by atoms with van der Waals surface area (Å²) in [5, 5.41) is 0.557. The minimum atomic E-state index is 0.0681. The Morgan fingerprint density at radius 1 is 1.15 bits per heavy atom. The van der Waals surface area contributed by atoms with Crippen molar-refractivity contribution in [3.63, 3.8) is 0 Å². The highest BCUT2D eigenvalue weighted by atomic mass is 35.5. The number of rotatable bonds is 5. The van der Waals surface area contributed by atoms with Crippen molar-refractivity contribution < 1.29 is 14.3 Å². The van der Waals surface area contributed by atoms with Gasteiger partial charge in [-0.15, -0.1) is 0 Å². The maximum absolute atomic E-state index is 12.8. The minimum absolute atomic E-state index is 0.0681. The van der Waals surface area contributed by atoms with E-state index >= 15 is 0 Å². The van der Waals surface area contributed by atoms with Crippen LogP contribution in [0.5, 0.6) is 11.5 Å². The largest absolute Gasteiger partial charge is 0.496 e. The molecule has 4 nitrogen and oxygen atoms in total. The molecule has 0 unspecified atom stereocenters. The summed E-state index contributed by atoms with van der Waals surface area (Å²) in [6.07, 6.45) is 2.12. The number of methoxy groups -OCH3 is 1. The number of amides is 1. The maximum Gasteiger partial charge on any atom is 0.253 e. The van der Waals surface area contributed by atoms with Crippen molar-refractivity contribution in [2.45, 2.75) is 26.4 Å². The van der Waals surface area contributed by atoms with Gasteiger partial charge in [0.05, 0.1) is 12.1 Å². The fourth-order valence-corrected chi connectivity index (χ4v) is 3.33. The van der Waals surface area contributed by atoms with E-state index in [1.165, 1.54) is 0 Å². The Morgan fingerprint density at radius 3 is 2.58 bits per heavy atom. The van der Waals surface area contributed by atoms with Crippen LogP contribution in [0.3, 0.4) is 0 Å². The molecule has 5 heteroatoms. The lowest BCUT2D eigenvalue weighted by atomic mass is 9.98. The van der Waals surface area contributed by atoms with Crippen LogP contribution in [0.2, 0.25) is 5.02 Å². The zero-order chi connectivity index (χ0) is 18.5. The normalized spacial score (nSPS) is 15.0. The number of piperidine rings is 1. The van der Waals surface area contributed by atoms with Crippen LogP contribution in [0.25, 0.3) is 0 Å². The van der Waals surface area contributed by atoms with Crippen LogP contribution in [0.15, 0.2) is 42.5 Å². The first-order valence-corrected chi connectivity index (χ1v) is 9.30. The Labute approximate surface area is 159 Å². The number of nitrogens with zero attached hydrogens (tertiary/aromatic N) is 1. The van der Waals surface area contributed by atoms with Gasteiger partial charge in [0.25, 0.3) is 5.91 Å². The van der Waals surface area contributed by atoms with Crippen molar-refractivity contribution >= 4 is 17.5 Å². The average Bonchev–Trinajstić information content (AvgIpc) is 2.67. The minimum Gasteiger partial charge on any atom is -0.496 e. The fraction of sp³-hybridized carbons (Fsp3) is 0.381. The van der Waals surface area contributed by atoms with Gasteiger partial charge in [-0.3, -0.25) is 4.79 Å². The fourth-order valence-electron chi connectivity index (χ4n) is 3.14. The molecular formula is C21H24ClNO3. The van der Waals surface area contributed by atoms with Crippen molar-refractivity contribution in [3.05, 3.63) is 58.6 Å². The summed E-state index contributed by atoms with van der Waals surface area (Å²) < 4.78 is 11.2. The Balaban J connectivity index is 1.76. The summed E-state index contributed by atoms with van der Waals surface area (Å²) >= 11 is 6.14. The number of carbonyl (C=O) groups excluding carboxylic acids is 1.